The van der Waals surface area contributed by atoms with Crippen molar-refractivity contribution in [2.75, 3.05) is 5.73 Å². The number of nitrogen functional groups attached to an aromatic ring is 1. The maximum absolute atomic E-state index is 9.18. The molecule has 2 N–H and O–H groups in total. The van der Waals surface area contributed by atoms with Crippen LogP contribution in [-0.2, 0) is 0 Å². The second kappa shape index (κ2) is 4.33. The molecule has 0 spiro atoms. The fourth-order valence-corrected chi connectivity index (χ4v) is 3.34. The molecule has 0 aliphatic carbocycles. The molecule has 0 amide bonds. The Morgan fingerprint density at radius 3 is 2.95 bits per heavy atom. The van der Waals surface area contributed by atoms with E-state index in [4.69, 9.17) is 5.73 Å². The van der Waals surface area contributed by atoms with Crippen LogP contribution in [0.1, 0.15) is 5.56 Å². The van der Waals surface area contributed by atoms with Crippen LogP contribution in [0.2, 0.25) is 0 Å². The Balaban J connectivity index is 2.05. The summed E-state index contributed by atoms with van der Waals surface area (Å²) in [7, 11) is 0. The SMILES string of the molecule is N#Cc1cccc2c1nc(N)n2-c1ccc2sccc2c1. The highest BCUT2D eigenvalue weighted by Gasteiger charge is 2.13. The highest BCUT2D eigenvalue weighted by Crippen LogP contribution is 2.28. The normalized spacial score (nSPS) is 11.0. The molecule has 0 radical (unpaired) electrons. The number of fused-ring (bicyclic) bond motifs is 2. The van der Waals surface area contributed by atoms with Crippen LogP contribution in [-0.4, -0.2) is 9.55 Å². The number of nitrogens with zero attached hydrogens (tertiary/aromatic N) is 3. The Morgan fingerprint density at radius 1 is 1.19 bits per heavy atom. The van der Waals surface area contributed by atoms with Crippen LogP contribution in [0.4, 0.5) is 5.95 Å². The lowest BCUT2D eigenvalue weighted by Crippen LogP contribution is -2.00. The molecule has 0 aliphatic rings. The van der Waals surface area contributed by atoms with Crippen molar-refractivity contribution in [2.45, 2.75) is 0 Å². The fraction of sp³-hybridized carbons (Fsp3) is 0. The number of thiophene rings is 1. The molecule has 4 rings (SSSR count). The lowest BCUT2D eigenvalue weighted by Gasteiger charge is -2.06. The number of anilines is 1. The molecule has 0 fully saturated rings. The van der Waals surface area contributed by atoms with E-state index in [2.05, 4.69) is 34.6 Å². The molecule has 0 aliphatic heterocycles. The van der Waals surface area contributed by atoms with Crippen molar-refractivity contribution in [1.29, 1.82) is 5.26 Å². The summed E-state index contributed by atoms with van der Waals surface area (Å²) in [6, 6.07) is 16.0. The van der Waals surface area contributed by atoms with Crippen molar-refractivity contribution < 1.29 is 0 Å². The topological polar surface area (TPSA) is 67.6 Å². The van der Waals surface area contributed by atoms with E-state index in [0.717, 1.165) is 11.2 Å². The first kappa shape index (κ1) is 11.9. The van der Waals surface area contributed by atoms with E-state index >= 15 is 0 Å². The minimum atomic E-state index is 0.391. The number of rotatable bonds is 1. The number of imidazole rings is 1. The summed E-state index contributed by atoms with van der Waals surface area (Å²) in [6.45, 7) is 0. The molecule has 2 heterocycles. The number of hydrogen-bond acceptors (Lipinski definition) is 4. The monoisotopic (exact) mass is 290 g/mol. The summed E-state index contributed by atoms with van der Waals surface area (Å²) < 4.78 is 3.12. The maximum atomic E-state index is 9.18. The van der Waals surface area contributed by atoms with Gasteiger partial charge in [0.25, 0.3) is 0 Å². The third kappa shape index (κ3) is 1.70. The average Bonchev–Trinajstić information content (AvgIpc) is 3.08. The number of hydrogen-bond donors (Lipinski definition) is 1. The van der Waals surface area contributed by atoms with Gasteiger partial charge in [-0.1, -0.05) is 6.07 Å². The quantitative estimate of drug-likeness (QED) is 0.581. The van der Waals surface area contributed by atoms with Crippen molar-refractivity contribution in [2.24, 2.45) is 0 Å². The lowest BCUT2D eigenvalue weighted by molar-refractivity contribution is 1.11. The third-order valence-corrected chi connectivity index (χ3v) is 4.42. The van der Waals surface area contributed by atoms with E-state index in [1.54, 1.807) is 17.4 Å². The number of para-hydroxylation sites is 1. The summed E-state index contributed by atoms with van der Waals surface area (Å²) in [5, 5.41) is 12.4. The van der Waals surface area contributed by atoms with Gasteiger partial charge in [-0.2, -0.15) is 5.26 Å². The van der Waals surface area contributed by atoms with Crippen LogP contribution in [0.3, 0.4) is 0 Å². The minimum Gasteiger partial charge on any atom is -0.369 e. The smallest absolute Gasteiger partial charge is 0.205 e. The Morgan fingerprint density at radius 2 is 2.10 bits per heavy atom. The van der Waals surface area contributed by atoms with Crippen LogP contribution in [0.15, 0.2) is 47.8 Å². The molecule has 4 aromatic rings. The van der Waals surface area contributed by atoms with Gasteiger partial charge in [0.2, 0.25) is 5.95 Å². The van der Waals surface area contributed by atoms with Crippen LogP contribution in [0.5, 0.6) is 0 Å². The van der Waals surface area contributed by atoms with E-state index in [1.165, 1.54) is 10.1 Å². The van der Waals surface area contributed by atoms with Gasteiger partial charge in [-0.05, 0) is 47.2 Å². The van der Waals surface area contributed by atoms with Crippen molar-refractivity contribution in [3.05, 3.63) is 53.4 Å². The first-order valence-corrected chi connectivity index (χ1v) is 7.30. The van der Waals surface area contributed by atoms with Gasteiger partial charge in [0, 0.05) is 10.4 Å². The molecule has 4 nitrogen and oxygen atoms in total. The van der Waals surface area contributed by atoms with Gasteiger partial charge in [-0.25, -0.2) is 4.98 Å². The third-order valence-electron chi connectivity index (χ3n) is 3.53. The zero-order chi connectivity index (χ0) is 14.4. The van der Waals surface area contributed by atoms with Gasteiger partial charge in [-0.3, -0.25) is 4.57 Å². The van der Waals surface area contributed by atoms with E-state index in [9.17, 15) is 5.26 Å². The second-order valence-electron chi connectivity index (χ2n) is 4.73. The number of benzene rings is 2. The van der Waals surface area contributed by atoms with Crippen LogP contribution in [0.25, 0.3) is 26.8 Å². The van der Waals surface area contributed by atoms with Gasteiger partial charge in [0.1, 0.15) is 11.6 Å². The molecular weight excluding hydrogens is 280 g/mol. The average molecular weight is 290 g/mol. The number of aromatic nitrogens is 2. The molecule has 100 valence electrons. The molecule has 2 aromatic heterocycles. The van der Waals surface area contributed by atoms with Gasteiger partial charge >= 0.3 is 0 Å². The Bertz CT molecular complexity index is 1020. The summed E-state index contributed by atoms with van der Waals surface area (Å²) in [5.41, 5.74) is 9.05. The molecule has 0 bridgehead atoms. The number of nitrogens with two attached hydrogens (primary N) is 1. The van der Waals surface area contributed by atoms with E-state index < -0.39 is 0 Å². The highest BCUT2D eigenvalue weighted by atomic mass is 32.1. The van der Waals surface area contributed by atoms with Crippen molar-refractivity contribution in [3.63, 3.8) is 0 Å². The lowest BCUT2D eigenvalue weighted by atomic mass is 10.2. The standard InChI is InChI=1S/C16H10N4S/c17-9-11-2-1-3-13-15(11)19-16(18)20(13)12-4-5-14-10(8-12)6-7-21-14/h1-8H,(H2,18,19). The summed E-state index contributed by atoms with van der Waals surface area (Å²) in [4.78, 5) is 4.35. The molecule has 0 saturated heterocycles. The Labute approximate surface area is 124 Å². The minimum absolute atomic E-state index is 0.391. The molecule has 0 unspecified atom stereocenters. The molecule has 5 heteroatoms. The molecule has 0 saturated carbocycles. The first-order chi connectivity index (χ1) is 10.3. The molecule has 21 heavy (non-hydrogen) atoms. The van der Waals surface area contributed by atoms with Crippen molar-refractivity contribution in [1.82, 2.24) is 9.55 Å². The maximum Gasteiger partial charge on any atom is 0.205 e. The zero-order valence-electron chi connectivity index (χ0n) is 10.9. The zero-order valence-corrected chi connectivity index (χ0v) is 11.8. The van der Waals surface area contributed by atoms with Gasteiger partial charge in [0.05, 0.1) is 11.1 Å². The predicted octanol–water partition coefficient (Wildman–Crippen LogP) is 3.69. The number of nitriles is 1. The van der Waals surface area contributed by atoms with Crippen LogP contribution < -0.4 is 5.73 Å². The van der Waals surface area contributed by atoms with E-state index in [1.807, 2.05) is 22.8 Å². The Hall–Kier alpha value is -2.84. The second-order valence-corrected chi connectivity index (χ2v) is 5.68. The van der Waals surface area contributed by atoms with E-state index in [-0.39, 0.29) is 0 Å². The highest BCUT2D eigenvalue weighted by molar-refractivity contribution is 7.17. The Kier molecular flexibility index (Phi) is 2.46. The predicted molar refractivity (Wildman–Crippen MR) is 85.6 cm³/mol. The van der Waals surface area contributed by atoms with Crippen molar-refractivity contribution in [3.8, 4) is 11.8 Å². The first-order valence-electron chi connectivity index (χ1n) is 6.42. The molecule has 2 aromatic carbocycles. The molecule has 0 atom stereocenters. The summed E-state index contributed by atoms with van der Waals surface area (Å²) in [5.74, 6) is 0.391. The van der Waals surface area contributed by atoms with E-state index in [0.29, 0.717) is 17.0 Å². The summed E-state index contributed by atoms with van der Waals surface area (Å²) in [6.07, 6.45) is 0. The van der Waals surface area contributed by atoms with Gasteiger partial charge in [0.15, 0.2) is 0 Å². The van der Waals surface area contributed by atoms with Gasteiger partial charge in [-0.15, -0.1) is 11.3 Å². The van der Waals surface area contributed by atoms with Gasteiger partial charge < -0.3 is 5.73 Å². The largest absolute Gasteiger partial charge is 0.369 e. The molecular formula is C16H10N4S. The van der Waals surface area contributed by atoms with Crippen LogP contribution in [0, 0.1) is 11.3 Å². The fourth-order valence-electron chi connectivity index (χ4n) is 2.57. The summed E-state index contributed by atoms with van der Waals surface area (Å²) >= 11 is 1.71. The van der Waals surface area contributed by atoms with Crippen LogP contribution >= 0.6 is 11.3 Å². The van der Waals surface area contributed by atoms with Crippen molar-refractivity contribution >= 4 is 38.4 Å².